The molecule has 116 valence electrons. The van der Waals surface area contributed by atoms with Crippen molar-refractivity contribution in [2.75, 3.05) is 26.2 Å². The summed E-state index contributed by atoms with van der Waals surface area (Å²) in [5.41, 5.74) is 0.690. The number of piperazine rings is 1. The smallest absolute Gasteiger partial charge is 0.253 e. The van der Waals surface area contributed by atoms with Gasteiger partial charge in [0.15, 0.2) is 0 Å². The highest BCUT2D eigenvalue weighted by molar-refractivity contribution is 5.94. The SMILES string of the molecule is Cl.O=C(c1ccc(Oc2cccnc2)cc1)N1CCNCC1. The number of hydrogen-bond acceptors (Lipinski definition) is 4. The highest BCUT2D eigenvalue weighted by Gasteiger charge is 2.17. The summed E-state index contributed by atoms with van der Waals surface area (Å²) in [6.45, 7) is 3.22. The van der Waals surface area contributed by atoms with Crippen LogP contribution >= 0.6 is 12.4 Å². The minimum atomic E-state index is 0. The van der Waals surface area contributed by atoms with E-state index in [1.54, 1.807) is 24.5 Å². The van der Waals surface area contributed by atoms with Crippen LogP contribution in [0.5, 0.6) is 11.5 Å². The van der Waals surface area contributed by atoms with Crippen molar-refractivity contribution in [1.29, 1.82) is 0 Å². The van der Waals surface area contributed by atoms with E-state index in [1.165, 1.54) is 0 Å². The Bertz CT molecular complexity index is 599. The summed E-state index contributed by atoms with van der Waals surface area (Å²) in [5, 5.41) is 3.24. The Kier molecular flexibility index (Phi) is 5.75. The first-order chi connectivity index (χ1) is 10.3. The summed E-state index contributed by atoms with van der Waals surface area (Å²) in [4.78, 5) is 18.2. The van der Waals surface area contributed by atoms with Crippen LogP contribution in [0, 0.1) is 0 Å². The van der Waals surface area contributed by atoms with E-state index >= 15 is 0 Å². The molecular weight excluding hydrogens is 302 g/mol. The quantitative estimate of drug-likeness (QED) is 0.943. The maximum Gasteiger partial charge on any atom is 0.253 e. The highest BCUT2D eigenvalue weighted by atomic mass is 35.5. The van der Waals surface area contributed by atoms with Crippen LogP contribution in [0.3, 0.4) is 0 Å². The predicted octanol–water partition coefficient (Wildman–Crippen LogP) is 2.34. The molecule has 2 aromatic rings. The maximum absolute atomic E-state index is 12.3. The van der Waals surface area contributed by atoms with Crippen molar-refractivity contribution in [2.24, 2.45) is 0 Å². The lowest BCUT2D eigenvalue weighted by atomic mass is 10.2. The molecule has 1 saturated heterocycles. The number of hydrogen-bond donors (Lipinski definition) is 1. The maximum atomic E-state index is 12.3. The highest BCUT2D eigenvalue weighted by Crippen LogP contribution is 2.21. The van der Waals surface area contributed by atoms with Crippen LogP contribution in [-0.2, 0) is 0 Å². The largest absolute Gasteiger partial charge is 0.456 e. The Labute approximate surface area is 135 Å². The molecule has 0 saturated carbocycles. The van der Waals surface area contributed by atoms with E-state index in [4.69, 9.17) is 4.74 Å². The summed E-state index contributed by atoms with van der Waals surface area (Å²) in [7, 11) is 0. The zero-order valence-electron chi connectivity index (χ0n) is 12.1. The van der Waals surface area contributed by atoms with E-state index in [2.05, 4.69) is 10.3 Å². The van der Waals surface area contributed by atoms with Gasteiger partial charge in [0.1, 0.15) is 11.5 Å². The van der Waals surface area contributed by atoms with E-state index in [0.717, 1.165) is 26.2 Å². The molecule has 1 aromatic heterocycles. The Balaban J connectivity index is 0.00000176. The minimum Gasteiger partial charge on any atom is -0.456 e. The molecule has 0 aliphatic carbocycles. The zero-order valence-corrected chi connectivity index (χ0v) is 12.9. The number of pyridine rings is 1. The lowest BCUT2D eigenvalue weighted by Gasteiger charge is -2.27. The second kappa shape index (κ2) is 7.77. The Morgan fingerprint density at radius 1 is 1.09 bits per heavy atom. The summed E-state index contributed by atoms with van der Waals surface area (Å²) >= 11 is 0. The van der Waals surface area contributed by atoms with Gasteiger partial charge in [-0.1, -0.05) is 0 Å². The average Bonchev–Trinajstić information content (AvgIpc) is 2.57. The Morgan fingerprint density at radius 2 is 1.82 bits per heavy atom. The van der Waals surface area contributed by atoms with Gasteiger partial charge in [-0.05, 0) is 36.4 Å². The molecule has 0 unspecified atom stereocenters. The van der Waals surface area contributed by atoms with Crippen LogP contribution in [0.1, 0.15) is 10.4 Å². The van der Waals surface area contributed by atoms with Crippen molar-refractivity contribution in [3.63, 3.8) is 0 Å². The molecule has 1 aromatic carbocycles. The van der Waals surface area contributed by atoms with E-state index in [1.807, 2.05) is 29.2 Å². The molecule has 1 fully saturated rings. The third-order valence-corrected chi connectivity index (χ3v) is 3.38. The van der Waals surface area contributed by atoms with Crippen molar-refractivity contribution < 1.29 is 9.53 Å². The van der Waals surface area contributed by atoms with Gasteiger partial charge in [-0.15, -0.1) is 12.4 Å². The number of benzene rings is 1. The molecule has 5 nitrogen and oxygen atoms in total. The zero-order chi connectivity index (χ0) is 14.5. The fourth-order valence-electron chi connectivity index (χ4n) is 2.26. The van der Waals surface area contributed by atoms with Gasteiger partial charge in [-0.3, -0.25) is 9.78 Å². The molecule has 0 atom stereocenters. The first kappa shape index (κ1) is 16.3. The van der Waals surface area contributed by atoms with Crippen LogP contribution in [-0.4, -0.2) is 42.0 Å². The first-order valence-corrected chi connectivity index (χ1v) is 7.01. The number of aromatic nitrogens is 1. The lowest BCUT2D eigenvalue weighted by Crippen LogP contribution is -2.46. The van der Waals surface area contributed by atoms with E-state index in [-0.39, 0.29) is 18.3 Å². The number of nitrogens with zero attached hydrogens (tertiary/aromatic N) is 2. The van der Waals surface area contributed by atoms with E-state index in [9.17, 15) is 4.79 Å². The third kappa shape index (κ3) is 3.96. The molecule has 1 aliphatic rings. The summed E-state index contributed by atoms with van der Waals surface area (Å²) in [6.07, 6.45) is 3.35. The van der Waals surface area contributed by atoms with Gasteiger partial charge in [0.2, 0.25) is 0 Å². The Hall–Kier alpha value is -2.11. The van der Waals surface area contributed by atoms with E-state index < -0.39 is 0 Å². The number of amides is 1. The summed E-state index contributed by atoms with van der Waals surface area (Å²) in [5.74, 6) is 1.45. The van der Waals surface area contributed by atoms with Crippen molar-refractivity contribution in [3.05, 3.63) is 54.4 Å². The standard InChI is InChI=1S/C16H17N3O2.ClH/c20-16(19-10-8-17-9-11-19)13-3-5-14(6-4-13)21-15-2-1-7-18-12-15;/h1-7,12,17H,8-11H2;1H. The van der Waals surface area contributed by atoms with Gasteiger partial charge in [-0.25, -0.2) is 0 Å². The van der Waals surface area contributed by atoms with Gasteiger partial charge in [0.05, 0.1) is 6.20 Å². The second-order valence-electron chi connectivity index (χ2n) is 4.86. The molecule has 0 spiro atoms. The summed E-state index contributed by atoms with van der Waals surface area (Å²) < 4.78 is 5.66. The van der Waals surface area contributed by atoms with Gasteiger partial charge in [0.25, 0.3) is 5.91 Å². The van der Waals surface area contributed by atoms with Crippen LogP contribution in [0.25, 0.3) is 0 Å². The number of carbonyl (C=O) groups is 1. The molecule has 0 bridgehead atoms. The van der Waals surface area contributed by atoms with Crippen molar-refractivity contribution in [1.82, 2.24) is 15.2 Å². The number of halogens is 1. The minimum absolute atomic E-state index is 0. The van der Waals surface area contributed by atoms with Crippen LogP contribution in [0.15, 0.2) is 48.8 Å². The van der Waals surface area contributed by atoms with Gasteiger partial charge in [0, 0.05) is 37.9 Å². The fraction of sp³-hybridized carbons (Fsp3) is 0.250. The van der Waals surface area contributed by atoms with Gasteiger partial charge < -0.3 is 15.0 Å². The lowest BCUT2D eigenvalue weighted by molar-refractivity contribution is 0.0736. The molecule has 1 amide bonds. The number of ether oxygens (including phenoxy) is 1. The predicted molar refractivity (Wildman–Crippen MR) is 86.8 cm³/mol. The monoisotopic (exact) mass is 319 g/mol. The van der Waals surface area contributed by atoms with Crippen molar-refractivity contribution in [3.8, 4) is 11.5 Å². The molecule has 22 heavy (non-hydrogen) atoms. The summed E-state index contributed by atoms with van der Waals surface area (Å²) in [6, 6.07) is 10.9. The van der Waals surface area contributed by atoms with Crippen LogP contribution in [0.4, 0.5) is 0 Å². The molecule has 3 rings (SSSR count). The van der Waals surface area contributed by atoms with E-state index in [0.29, 0.717) is 17.1 Å². The number of nitrogens with one attached hydrogen (secondary N) is 1. The second-order valence-corrected chi connectivity index (χ2v) is 4.86. The molecule has 2 heterocycles. The topological polar surface area (TPSA) is 54.5 Å². The molecular formula is C16H18ClN3O2. The van der Waals surface area contributed by atoms with Crippen molar-refractivity contribution >= 4 is 18.3 Å². The third-order valence-electron chi connectivity index (χ3n) is 3.38. The van der Waals surface area contributed by atoms with Gasteiger partial charge >= 0.3 is 0 Å². The molecule has 1 aliphatic heterocycles. The van der Waals surface area contributed by atoms with Crippen LogP contribution in [0.2, 0.25) is 0 Å². The first-order valence-electron chi connectivity index (χ1n) is 7.01. The average molecular weight is 320 g/mol. The molecule has 0 radical (unpaired) electrons. The number of rotatable bonds is 3. The van der Waals surface area contributed by atoms with Crippen LogP contribution < -0.4 is 10.1 Å². The normalized spacial score (nSPS) is 14.1. The molecule has 1 N–H and O–H groups in total. The fourth-order valence-corrected chi connectivity index (χ4v) is 2.26. The van der Waals surface area contributed by atoms with Crippen molar-refractivity contribution in [2.45, 2.75) is 0 Å². The number of carbonyl (C=O) groups excluding carboxylic acids is 1. The van der Waals surface area contributed by atoms with Gasteiger partial charge in [-0.2, -0.15) is 0 Å². The molecule has 6 heteroatoms. The Morgan fingerprint density at radius 3 is 2.45 bits per heavy atom.